The van der Waals surface area contributed by atoms with Crippen LogP contribution in [0.3, 0.4) is 0 Å². The summed E-state index contributed by atoms with van der Waals surface area (Å²) in [5.41, 5.74) is 12.0. The van der Waals surface area contributed by atoms with Crippen LogP contribution in [0.2, 0.25) is 0 Å². The second kappa shape index (κ2) is 12.9. The lowest BCUT2D eigenvalue weighted by Crippen LogP contribution is -2.04. The zero-order valence-corrected chi connectivity index (χ0v) is 30.3. The maximum absolute atomic E-state index is 6.42. The third-order valence-electron chi connectivity index (χ3n) is 11.7. The Morgan fingerprint density at radius 3 is 1.95 bits per heavy atom. The molecule has 1 unspecified atom stereocenters. The van der Waals surface area contributed by atoms with Gasteiger partial charge in [-0.3, -0.25) is 0 Å². The van der Waals surface area contributed by atoms with Crippen molar-refractivity contribution in [3.05, 3.63) is 211 Å². The Labute approximate surface area is 319 Å². The molecule has 11 rings (SSSR count). The maximum atomic E-state index is 6.42. The van der Waals surface area contributed by atoms with E-state index in [4.69, 9.17) is 4.42 Å². The van der Waals surface area contributed by atoms with Gasteiger partial charge in [-0.1, -0.05) is 164 Å². The maximum Gasteiger partial charge on any atom is 0.135 e. The van der Waals surface area contributed by atoms with Gasteiger partial charge in [0.25, 0.3) is 0 Å². The lowest BCUT2D eigenvalue weighted by atomic mass is 9.85. The molecule has 9 aromatic carbocycles. The van der Waals surface area contributed by atoms with Gasteiger partial charge < -0.3 is 8.98 Å². The van der Waals surface area contributed by atoms with Gasteiger partial charge in [0, 0.05) is 38.5 Å². The first kappa shape index (κ1) is 31.6. The number of para-hydroxylation sites is 2. The standard InChI is InChI=1S/C53H37NO/c1-2-14-41(15-3-1)54-50-33-35(22-30-46(50)49-32-27-37-12-5-7-17-45(37)53(49)54)21-29-42(40-28-31-48-47-18-8-9-20-51(47)55-52(48)34-40)38-23-25-39(26-24-38)44-19-10-13-36-11-4-6-16-43(36)44/h1-20,22-28,30-34,42H,21,29H2. The highest BCUT2D eigenvalue weighted by Crippen LogP contribution is 2.39. The highest BCUT2D eigenvalue weighted by atomic mass is 16.3. The first-order valence-electron chi connectivity index (χ1n) is 19.3. The monoisotopic (exact) mass is 703 g/mol. The highest BCUT2D eigenvalue weighted by Gasteiger charge is 2.20. The fraction of sp³-hybridized carbons (Fsp3) is 0.0566. The molecule has 0 bridgehead atoms. The molecule has 0 aliphatic carbocycles. The highest BCUT2D eigenvalue weighted by molar-refractivity contribution is 6.18. The normalized spacial score (nSPS) is 12.4. The summed E-state index contributed by atoms with van der Waals surface area (Å²) < 4.78 is 8.89. The van der Waals surface area contributed by atoms with Crippen molar-refractivity contribution < 1.29 is 4.42 Å². The molecule has 0 fully saturated rings. The summed E-state index contributed by atoms with van der Waals surface area (Å²) in [5, 5.41) is 9.96. The minimum absolute atomic E-state index is 0.179. The van der Waals surface area contributed by atoms with Crippen molar-refractivity contribution in [2.75, 3.05) is 0 Å². The van der Waals surface area contributed by atoms with Gasteiger partial charge in [0.05, 0.1) is 11.0 Å². The summed E-state index contributed by atoms with van der Waals surface area (Å²) in [6.07, 6.45) is 1.89. The van der Waals surface area contributed by atoms with Crippen LogP contribution in [-0.2, 0) is 6.42 Å². The Balaban J connectivity index is 1.01. The number of furan rings is 1. The van der Waals surface area contributed by atoms with Crippen LogP contribution in [0.25, 0.3) is 82.1 Å². The Morgan fingerprint density at radius 1 is 0.436 bits per heavy atom. The van der Waals surface area contributed by atoms with Crippen molar-refractivity contribution in [3.8, 4) is 16.8 Å². The third-order valence-corrected chi connectivity index (χ3v) is 11.7. The molecule has 260 valence electrons. The summed E-state index contributed by atoms with van der Waals surface area (Å²) in [7, 11) is 0. The summed E-state index contributed by atoms with van der Waals surface area (Å²) in [6, 6.07) is 70.9. The first-order valence-corrected chi connectivity index (χ1v) is 19.3. The molecule has 1 atom stereocenters. The quantitative estimate of drug-likeness (QED) is 0.162. The zero-order valence-electron chi connectivity index (χ0n) is 30.3. The van der Waals surface area contributed by atoms with Crippen LogP contribution in [-0.4, -0.2) is 4.57 Å². The molecule has 55 heavy (non-hydrogen) atoms. The van der Waals surface area contributed by atoms with Crippen LogP contribution in [0, 0.1) is 0 Å². The van der Waals surface area contributed by atoms with Crippen molar-refractivity contribution in [2.24, 2.45) is 0 Å². The van der Waals surface area contributed by atoms with Crippen molar-refractivity contribution >= 4 is 65.3 Å². The molecule has 0 spiro atoms. The molecule has 2 heterocycles. The van der Waals surface area contributed by atoms with E-state index in [9.17, 15) is 0 Å². The molecule has 2 heteroatoms. The Morgan fingerprint density at radius 2 is 1.09 bits per heavy atom. The van der Waals surface area contributed by atoms with Gasteiger partial charge in [0.2, 0.25) is 0 Å². The topological polar surface area (TPSA) is 18.1 Å². The molecule has 0 N–H and O–H groups in total. The van der Waals surface area contributed by atoms with E-state index < -0.39 is 0 Å². The average molecular weight is 704 g/mol. The van der Waals surface area contributed by atoms with Crippen LogP contribution in [0.5, 0.6) is 0 Å². The minimum atomic E-state index is 0.179. The third kappa shape index (κ3) is 5.33. The smallest absolute Gasteiger partial charge is 0.135 e. The summed E-state index contributed by atoms with van der Waals surface area (Å²) in [6.45, 7) is 0. The van der Waals surface area contributed by atoms with E-state index in [1.165, 1.54) is 76.9 Å². The molecule has 0 amide bonds. The zero-order chi connectivity index (χ0) is 36.3. The van der Waals surface area contributed by atoms with Crippen LogP contribution in [0.4, 0.5) is 0 Å². The fourth-order valence-corrected chi connectivity index (χ4v) is 8.99. The van der Waals surface area contributed by atoms with E-state index in [0.29, 0.717) is 0 Å². The van der Waals surface area contributed by atoms with Gasteiger partial charge in [-0.25, -0.2) is 0 Å². The molecule has 0 saturated carbocycles. The minimum Gasteiger partial charge on any atom is -0.456 e. The Hall–Kier alpha value is -6.90. The van der Waals surface area contributed by atoms with E-state index in [2.05, 4.69) is 193 Å². The SMILES string of the molecule is c1ccc(-n2c3cc(CCC(c4ccc(-c5cccc6ccccc56)cc4)c4ccc5c(c4)oc4ccccc45)ccc3c3ccc4ccccc4c32)cc1. The number of hydrogen-bond donors (Lipinski definition) is 0. The van der Waals surface area contributed by atoms with E-state index in [0.717, 1.165) is 34.8 Å². The number of fused-ring (bicyclic) bond motifs is 9. The molecule has 0 saturated heterocycles. The number of hydrogen-bond acceptors (Lipinski definition) is 1. The van der Waals surface area contributed by atoms with E-state index in [-0.39, 0.29) is 5.92 Å². The van der Waals surface area contributed by atoms with Crippen LogP contribution >= 0.6 is 0 Å². The molecular formula is C53H37NO. The molecule has 11 aromatic rings. The lowest BCUT2D eigenvalue weighted by molar-refractivity contribution is 0.664. The second-order valence-corrected chi connectivity index (χ2v) is 14.8. The average Bonchev–Trinajstić information content (AvgIpc) is 3.79. The van der Waals surface area contributed by atoms with Gasteiger partial charge in [0.1, 0.15) is 11.2 Å². The predicted molar refractivity (Wildman–Crippen MR) is 232 cm³/mol. The van der Waals surface area contributed by atoms with E-state index in [1.54, 1.807) is 0 Å². The first-order chi connectivity index (χ1) is 27.3. The largest absolute Gasteiger partial charge is 0.456 e. The van der Waals surface area contributed by atoms with Gasteiger partial charge in [0.15, 0.2) is 0 Å². The summed E-state index contributed by atoms with van der Waals surface area (Å²) >= 11 is 0. The van der Waals surface area contributed by atoms with E-state index in [1.807, 2.05) is 6.07 Å². The van der Waals surface area contributed by atoms with Crippen molar-refractivity contribution in [2.45, 2.75) is 18.8 Å². The Kier molecular flexibility index (Phi) is 7.41. The molecule has 0 aliphatic heterocycles. The lowest BCUT2D eigenvalue weighted by Gasteiger charge is -2.19. The second-order valence-electron chi connectivity index (χ2n) is 14.8. The number of rotatable bonds is 7. The van der Waals surface area contributed by atoms with Gasteiger partial charge in [-0.2, -0.15) is 0 Å². The molecule has 0 aliphatic rings. The number of benzene rings is 9. The van der Waals surface area contributed by atoms with Crippen LogP contribution in [0.15, 0.2) is 199 Å². The van der Waals surface area contributed by atoms with Crippen molar-refractivity contribution in [1.82, 2.24) is 4.57 Å². The van der Waals surface area contributed by atoms with Crippen LogP contribution < -0.4 is 0 Å². The van der Waals surface area contributed by atoms with Crippen molar-refractivity contribution in [3.63, 3.8) is 0 Å². The number of aromatic nitrogens is 1. The summed E-state index contributed by atoms with van der Waals surface area (Å²) in [4.78, 5) is 0. The molecule has 0 radical (unpaired) electrons. The van der Waals surface area contributed by atoms with Gasteiger partial charge in [-0.05, 0) is 87.1 Å². The van der Waals surface area contributed by atoms with Gasteiger partial charge in [-0.15, -0.1) is 0 Å². The molecular weight excluding hydrogens is 667 g/mol. The number of nitrogens with zero attached hydrogens (tertiary/aromatic N) is 1. The molecule has 2 aromatic heterocycles. The number of aryl methyl sites for hydroxylation is 1. The van der Waals surface area contributed by atoms with Crippen LogP contribution in [0.1, 0.15) is 29.0 Å². The molecule has 2 nitrogen and oxygen atoms in total. The predicted octanol–water partition coefficient (Wildman–Crippen LogP) is 14.4. The van der Waals surface area contributed by atoms with E-state index >= 15 is 0 Å². The summed E-state index contributed by atoms with van der Waals surface area (Å²) in [5.74, 6) is 0.179. The fourth-order valence-electron chi connectivity index (χ4n) is 8.99. The van der Waals surface area contributed by atoms with Crippen molar-refractivity contribution in [1.29, 1.82) is 0 Å². The Bertz CT molecular complexity index is 3200. The van der Waals surface area contributed by atoms with Gasteiger partial charge >= 0.3 is 0 Å².